The lowest BCUT2D eigenvalue weighted by molar-refractivity contribution is 0.622. The van der Waals surface area contributed by atoms with Crippen LogP contribution in [0.5, 0.6) is 0 Å². The number of nitrogens with zero attached hydrogens (tertiary/aromatic N) is 1. The molecule has 1 aromatic rings. The summed E-state index contributed by atoms with van der Waals surface area (Å²) in [6.45, 7) is 11.0. The fourth-order valence-corrected chi connectivity index (χ4v) is 2.66. The number of hydrogen-bond donors (Lipinski definition) is 1. The van der Waals surface area contributed by atoms with E-state index in [9.17, 15) is 0 Å². The molecule has 0 amide bonds. The molecule has 1 aromatic heterocycles. The molecule has 0 aliphatic rings. The molecule has 0 aromatic carbocycles. The lowest BCUT2D eigenvalue weighted by Gasteiger charge is -2.05. The van der Waals surface area contributed by atoms with E-state index in [-0.39, 0.29) is 0 Å². The molecular weight excluding hydrogens is 216 g/mol. The Kier molecular flexibility index (Phi) is 5.99. The van der Waals surface area contributed by atoms with Crippen molar-refractivity contribution >= 4 is 11.3 Å². The van der Waals surface area contributed by atoms with Crippen LogP contribution in [0.3, 0.4) is 0 Å². The quantitative estimate of drug-likeness (QED) is 0.739. The first-order chi connectivity index (χ1) is 7.67. The average Bonchev–Trinajstić information content (AvgIpc) is 2.60. The third-order valence-corrected chi connectivity index (χ3v) is 3.68. The Morgan fingerprint density at radius 1 is 1.31 bits per heavy atom. The van der Waals surface area contributed by atoms with Crippen molar-refractivity contribution in [3.05, 3.63) is 15.6 Å². The van der Waals surface area contributed by atoms with Crippen LogP contribution in [0, 0.1) is 5.92 Å². The van der Waals surface area contributed by atoms with Gasteiger partial charge >= 0.3 is 0 Å². The van der Waals surface area contributed by atoms with Crippen molar-refractivity contribution in [3.63, 3.8) is 0 Å². The maximum absolute atomic E-state index is 4.73. The van der Waals surface area contributed by atoms with Crippen molar-refractivity contribution in [1.29, 1.82) is 0 Å². The number of hydrogen-bond acceptors (Lipinski definition) is 3. The molecule has 1 N–H and O–H groups in total. The molecule has 0 unspecified atom stereocenters. The lowest BCUT2D eigenvalue weighted by Crippen LogP contribution is -2.14. The van der Waals surface area contributed by atoms with Crippen molar-refractivity contribution in [2.75, 3.05) is 6.54 Å². The van der Waals surface area contributed by atoms with Crippen LogP contribution in [0.15, 0.2) is 0 Å². The van der Waals surface area contributed by atoms with Crippen molar-refractivity contribution < 1.29 is 0 Å². The molecule has 1 heterocycles. The molecular formula is C13H24N2S. The van der Waals surface area contributed by atoms with E-state index in [2.05, 4.69) is 33.0 Å². The SMILES string of the molecule is CCCNCc1sc(CC)nc1CC(C)C. The number of nitrogens with one attached hydrogen (secondary N) is 1. The van der Waals surface area contributed by atoms with Crippen LogP contribution in [0.4, 0.5) is 0 Å². The minimum atomic E-state index is 0.691. The second kappa shape index (κ2) is 7.02. The predicted molar refractivity (Wildman–Crippen MR) is 72.0 cm³/mol. The van der Waals surface area contributed by atoms with Crippen LogP contribution in [0.2, 0.25) is 0 Å². The molecule has 0 saturated heterocycles. The Morgan fingerprint density at radius 3 is 2.62 bits per heavy atom. The lowest BCUT2D eigenvalue weighted by atomic mass is 10.1. The highest BCUT2D eigenvalue weighted by Gasteiger charge is 2.11. The van der Waals surface area contributed by atoms with Crippen LogP contribution in [0.25, 0.3) is 0 Å². The highest BCUT2D eigenvalue weighted by molar-refractivity contribution is 7.11. The van der Waals surface area contributed by atoms with Crippen LogP contribution >= 0.6 is 11.3 Å². The smallest absolute Gasteiger partial charge is 0.0928 e. The van der Waals surface area contributed by atoms with E-state index in [4.69, 9.17) is 4.98 Å². The summed E-state index contributed by atoms with van der Waals surface area (Å²) in [4.78, 5) is 6.17. The number of rotatable bonds is 7. The molecule has 3 heteroatoms. The van der Waals surface area contributed by atoms with Gasteiger partial charge in [-0.15, -0.1) is 11.3 Å². The Balaban J connectivity index is 2.66. The largest absolute Gasteiger partial charge is 0.312 e. The van der Waals surface area contributed by atoms with Gasteiger partial charge in [-0.2, -0.15) is 0 Å². The first-order valence-electron chi connectivity index (χ1n) is 6.35. The topological polar surface area (TPSA) is 24.9 Å². The average molecular weight is 240 g/mol. The zero-order valence-electron chi connectivity index (χ0n) is 11.0. The summed E-state index contributed by atoms with van der Waals surface area (Å²) in [5.41, 5.74) is 1.32. The number of aromatic nitrogens is 1. The third-order valence-electron chi connectivity index (χ3n) is 2.44. The Morgan fingerprint density at radius 2 is 2.06 bits per heavy atom. The molecule has 0 fully saturated rings. The van der Waals surface area contributed by atoms with E-state index < -0.39 is 0 Å². The summed E-state index contributed by atoms with van der Waals surface area (Å²) in [6.07, 6.45) is 3.36. The second-order valence-corrected chi connectivity index (χ2v) is 5.77. The van der Waals surface area contributed by atoms with Gasteiger partial charge in [0.25, 0.3) is 0 Å². The summed E-state index contributed by atoms with van der Waals surface area (Å²) in [5.74, 6) is 0.691. The molecule has 2 nitrogen and oxygen atoms in total. The van der Waals surface area contributed by atoms with Crippen molar-refractivity contribution in [2.45, 2.75) is 53.5 Å². The maximum Gasteiger partial charge on any atom is 0.0928 e. The van der Waals surface area contributed by atoms with E-state index in [1.807, 2.05) is 11.3 Å². The van der Waals surface area contributed by atoms with Crippen LogP contribution in [-0.2, 0) is 19.4 Å². The molecule has 0 spiro atoms. The van der Waals surface area contributed by atoms with Gasteiger partial charge in [0.1, 0.15) is 0 Å². The molecule has 92 valence electrons. The van der Waals surface area contributed by atoms with Crippen LogP contribution < -0.4 is 5.32 Å². The number of thiazole rings is 1. The van der Waals surface area contributed by atoms with Crippen molar-refractivity contribution in [1.82, 2.24) is 10.3 Å². The van der Waals surface area contributed by atoms with E-state index in [0.717, 1.165) is 25.9 Å². The summed E-state index contributed by atoms with van der Waals surface area (Å²) in [5, 5.41) is 4.75. The van der Waals surface area contributed by atoms with Gasteiger partial charge in [-0.1, -0.05) is 27.7 Å². The zero-order chi connectivity index (χ0) is 12.0. The van der Waals surface area contributed by atoms with Gasteiger partial charge < -0.3 is 5.32 Å². The minimum Gasteiger partial charge on any atom is -0.312 e. The standard InChI is InChI=1S/C13H24N2S/c1-5-7-14-9-12-11(8-10(3)4)15-13(6-2)16-12/h10,14H,5-9H2,1-4H3. The molecule has 0 atom stereocenters. The number of aryl methyl sites for hydroxylation is 1. The van der Waals surface area contributed by atoms with Crippen molar-refractivity contribution in [2.24, 2.45) is 5.92 Å². The fourth-order valence-electron chi connectivity index (χ4n) is 1.65. The predicted octanol–water partition coefficient (Wildman–Crippen LogP) is 3.40. The maximum atomic E-state index is 4.73. The molecule has 0 aliphatic carbocycles. The minimum absolute atomic E-state index is 0.691. The third kappa shape index (κ3) is 4.22. The van der Waals surface area contributed by atoms with Gasteiger partial charge in [0.05, 0.1) is 10.7 Å². The van der Waals surface area contributed by atoms with Gasteiger partial charge in [0.2, 0.25) is 0 Å². The normalized spacial score (nSPS) is 11.3. The summed E-state index contributed by atoms with van der Waals surface area (Å²) >= 11 is 1.88. The van der Waals surface area contributed by atoms with Gasteiger partial charge in [-0.25, -0.2) is 4.98 Å². The van der Waals surface area contributed by atoms with E-state index >= 15 is 0 Å². The molecule has 0 radical (unpaired) electrons. The monoisotopic (exact) mass is 240 g/mol. The second-order valence-electron chi connectivity index (χ2n) is 4.61. The highest BCUT2D eigenvalue weighted by Crippen LogP contribution is 2.21. The molecule has 0 saturated carbocycles. The van der Waals surface area contributed by atoms with E-state index in [1.165, 1.54) is 22.0 Å². The molecule has 1 rings (SSSR count). The summed E-state index contributed by atoms with van der Waals surface area (Å²) < 4.78 is 0. The molecule has 16 heavy (non-hydrogen) atoms. The summed E-state index contributed by atoms with van der Waals surface area (Å²) in [6, 6.07) is 0. The first kappa shape index (κ1) is 13.7. The zero-order valence-corrected chi connectivity index (χ0v) is 11.8. The van der Waals surface area contributed by atoms with Crippen LogP contribution in [-0.4, -0.2) is 11.5 Å². The van der Waals surface area contributed by atoms with Gasteiger partial charge in [-0.3, -0.25) is 0 Å². The van der Waals surface area contributed by atoms with Crippen LogP contribution in [0.1, 0.15) is 49.7 Å². The van der Waals surface area contributed by atoms with E-state index in [0.29, 0.717) is 5.92 Å². The van der Waals surface area contributed by atoms with Gasteiger partial charge in [-0.05, 0) is 31.7 Å². The fraction of sp³-hybridized carbons (Fsp3) is 0.769. The highest BCUT2D eigenvalue weighted by atomic mass is 32.1. The Labute approximate surface area is 103 Å². The molecule has 0 aliphatic heterocycles. The Hall–Kier alpha value is -0.410. The molecule has 0 bridgehead atoms. The first-order valence-corrected chi connectivity index (χ1v) is 7.17. The van der Waals surface area contributed by atoms with Gasteiger partial charge in [0.15, 0.2) is 0 Å². The Bertz CT molecular complexity index is 305. The van der Waals surface area contributed by atoms with E-state index in [1.54, 1.807) is 0 Å². The van der Waals surface area contributed by atoms with Crippen molar-refractivity contribution in [3.8, 4) is 0 Å². The summed E-state index contributed by atoms with van der Waals surface area (Å²) in [7, 11) is 0. The van der Waals surface area contributed by atoms with Gasteiger partial charge in [0, 0.05) is 11.4 Å².